The Morgan fingerprint density at radius 2 is 1.89 bits per heavy atom. The fraction of sp³-hybridized carbons (Fsp3) is 0.333. The minimum absolute atomic E-state index is 0.0178. The Labute approximate surface area is 107 Å². The Balaban J connectivity index is 2.35. The van der Waals surface area contributed by atoms with Gasteiger partial charge in [-0.1, -0.05) is 30.3 Å². The van der Waals surface area contributed by atoms with E-state index in [9.17, 15) is 22.8 Å². The van der Waals surface area contributed by atoms with Crippen molar-refractivity contribution in [1.29, 1.82) is 0 Å². The lowest BCUT2D eigenvalue weighted by Gasteiger charge is -2.35. The van der Waals surface area contributed by atoms with E-state index in [0.717, 1.165) is 0 Å². The maximum atomic E-state index is 12.5. The van der Waals surface area contributed by atoms with Crippen LogP contribution in [0.15, 0.2) is 30.3 Å². The van der Waals surface area contributed by atoms with E-state index in [2.05, 4.69) is 5.32 Å². The summed E-state index contributed by atoms with van der Waals surface area (Å²) < 4.78 is 37.6. The molecule has 1 saturated heterocycles. The lowest BCUT2D eigenvalue weighted by atomic mass is 10.0. The zero-order chi connectivity index (χ0) is 14.0. The number of carbonyl (C=O) groups excluding carboxylic acids is 2. The molecule has 1 fully saturated rings. The third kappa shape index (κ3) is 2.69. The van der Waals surface area contributed by atoms with E-state index in [1.54, 1.807) is 18.2 Å². The van der Waals surface area contributed by atoms with Crippen LogP contribution >= 0.6 is 0 Å². The van der Waals surface area contributed by atoms with Gasteiger partial charge in [0.2, 0.25) is 5.91 Å². The van der Waals surface area contributed by atoms with Crippen molar-refractivity contribution in [3.63, 3.8) is 0 Å². The number of nitrogens with zero attached hydrogens (tertiary/aromatic N) is 1. The van der Waals surface area contributed by atoms with Gasteiger partial charge in [-0.05, 0) is 5.56 Å². The standard InChI is InChI=1S/C12H11F3N2O2/c13-12(14,15)11(19)17-7-6-16-10(18)9(17)8-4-2-1-3-5-8/h1-5,9H,6-7H2,(H,16,18). The summed E-state index contributed by atoms with van der Waals surface area (Å²) in [4.78, 5) is 23.7. The van der Waals surface area contributed by atoms with Gasteiger partial charge in [-0.15, -0.1) is 0 Å². The zero-order valence-corrected chi connectivity index (χ0v) is 9.78. The highest BCUT2D eigenvalue weighted by atomic mass is 19.4. The van der Waals surface area contributed by atoms with Crippen LogP contribution in [0.3, 0.4) is 0 Å². The molecule has 1 aromatic rings. The smallest absolute Gasteiger partial charge is 0.352 e. The van der Waals surface area contributed by atoms with Gasteiger partial charge in [-0.25, -0.2) is 0 Å². The molecule has 4 nitrogen and oxygen atoms in total. The molecule has 1 aliphatic heterocycles. The first-order chi connectivity index (χ1) is 8.91. The number of benzene rings is 1. The minimum Gasteiger partial charge on any atom is -0.352 e. The van der Waals surface area contributed by atoms with Gasteiger partial charge in [0.15, 0.2) is 0 Å². The van der Waals surface area contributed by atoms with Gasteiger partial charge >= 0.3 is 12.1 Å². The molecule has 1 unspecified atom stereocenters. The Bertz CT molecular complexity index is 487. The molecule has 0 saturated carbocycles. The summed E-state index contributed by atoms with van der Waals surface area (Å²) >= 11 is 0. The SMILES string of the molecule is O=C1NCCN(C(=O)C(F)(F)F)C1c1ccccc1. The van der Waals surface area contributed by atoms with Crippen LogP contribution in [0, 0.1) is 0 Å². The van der Waals surface area contributed by atoms with Crippen molar-refractivity contribution in [2.75, 3.05) is 13.1 Å². The van der Waals surface area contributed by atoms with E-state index in [4.69, 9.17) is 0 Å². The molecule has 102 valence electrons. The topological polar surface area (TPSA) is 49.4 Å². The molecule has 19 heavy (non-hydrogen) atoms. The van der Waals surface area contributed by atoms with Gasteiger partial charge in [-0.3, -0.25) is 9.59 Å². The highest BCUT2D eigenvalue weighted by molar-refractivity contribution is 5.91. The average Bonchev–Trinajstić information content (AvgIpc) is 2.37. The second-order valence-corrected chi connectivity index (χ2v) is 4.10. The molecule has 1 heterocycles. The van der Waals surface area contributed by atoms with Crippen molar-refractivity contribution in [2.24, 2.45) is 0 Å². The largest absolute Gasteiger partial charge is 0.471 e. The van der Waals surface area contributed by atoms with Crippen molar-refractivity contribution < 1.29 is 22.8 Å². The Hall–Kier alpha value is -2.05. The molecule has 0 aliphatic carbocycles. The molecule has 1 N–H and O–H groups in total. The van der Waals surface area contributed by atoms with Crippen LogP contribution < -0.4 is 5.32 Å². The number of nitrogens with one attached hydrogen (secondary N) is 1. The first-order valence-corrected chi connectivity index (χ1v) is 5.61. The van der Waals surface area contributed by atoms with E-state index in [1.165, 1.54) is 12.1 Å². The maximum Gasteiger partial charge on any atom is 0.471 e. The molecular weight excluding hydrogens is 261 g/mol. The first kappa shape index (κ1) is 13.4. The number of hydrogen-bond acceptors (Lipinski definition) is 2. The number of hydrogen-bond donors (Lipinski definition) is 1. The molecule has 2 rings (SSSR count). The van der Waals surface area contributed by atoms with Crippen molar-refractivity contribution >= 4 is 11.8 Å². The van der Waals surface area contributed by atoms with E-state index in [-0.39, 0.29) is 13.1 Å². The van der Waals surface area contributed by atoms with Gasteiger partial charge in [0.25, 0.3) is 0 Å². The first-order valence-electron chi connectivity index (χ1n) is 5.61. The summed E-state index contributed by atoms with van der Waals surface area (Å²) in [5.74, 6) is -2.59. The summed E-state index contributed by atoms with van der Waals surface area (Å²) in [5, 5.41) is 2.47. The predicted octanol–water partition coefficient (Wildman–Crippen LogP) is 1.25. The molecule has 1 aromatic carbocycles. The summed E-state index contributed by atoms with van der Waals surface area (Å²) in [6, 6.07) is 6.70. The van der Waals surface area contributed by atoms with Gasteiger partial charge in [0.1, 0.15) is 6.04 Å². The third-order valence-corrected chi connectivity index (χ3v) is 2.83. The van der Waals surface area contributed by atoms with Crippen LogP contribution in [-0.2, 0) is 9.59 Å². The predicted molar refractivity (Wildman–Crippen MR) is 60.0 cm³/mol. The quantitative estimate of drug-likeness (QED) is 0.836. The lowest BCUT2D eigenvalue weighted by molar-refractivity contribution is -0.189. The van der Waals surface area contributed by atoms with E-state index < -0.39 is 24.0 Å². The Morgan fingerprint density at radius 3 is 2.47 bits per heavy atom. The summed E-state index contributed by atoms with van der Waals surface area (Å²) in [6.07, 6.45) is -4.98. The fourth-order valence-corrected chi connectivity index (χ4v) is 2.02. The molecule has 0 radical (unpaired) electrons. The summed E-state index contributed by atoms with van der Waals surface area (Å²) in [6.45, 7) is -0.145. The molecule has 7 heteroatoms. The number of halogens is 3. The molecule has 0 spiro atoms. The molecule has 0 aromatic heterocycles. The van der Waals surface area contributed by atoms with Crippen molar-refractivity contribution in [3.8, 4) is 0 Å². The summed E-state index contributed by atoms with van der Waals surface area (Å²) in [7, 11) is 0. The molecule has 1 aliphatic rings. The molecule has 0 bridgehead atoms. The lowest BCUT2D eigenvalue weighted by Crippen LogP contribution is -2.55. The number of amides is 2. The van der Waals surface area contributed by atoms with Gasteiger partial charge in [-0.2, -0.15) is 13.2 Å². The number of alkyl halides is 3. The molecular formula is C12H11F3N2O2. The second-order valence-electron chi connectivity index (χ2n) is 4.10. The molecule has 2 amide bonds. The van der Waals surface area contributed by atoms with Gasteiger partial charge in [0, 0.05) is 13.1 Å². The van der Waals surface area contributed by atoms with Crippen LogP contribution in [0.5, 0.6) is 0 Å². The van der Waals surface area contributed by atoms with Crippen molar-refractivity contribution in [3.05, 3.63) is 35.9 Å². The fourth-order valence-electron chi connectivity index (χ4n) is 2.02. The highest BCUT2D eigenvalue weighted by Crippen LogP contribution is 2.28. The van der Waals surface area contributed by atoms with Gasteiger partial charge in [0.05, 0.1) is 0 Å². The third-order valence-electron chi connectivity index (χ3n) is 2.83. The van der Waals surface area contributed by atoms with E-state index >= 15 is 0 Å². The monoisotopic (exact) mass is 272 g/mol. The zero-order valence-electron chi connectivity index (χ0n) is 9.78. The minimum atomic E-state index is -4.98. The average molecular weight is 272 g/mol. The number of rotatable bonds is 1. The van der Waals surface area contributed by atoms with Crippen LogP contribution in [0.4, 0.5) is 13.2 Å². The molecule has 1 atom stereocenters. The Kier molecular flexibility index (Phi) is 3.46. The maximum absolute atomic E-state index is 12.5. The van der Waals surface area contributed by atoms with Crippen LogP contribution in [0.2, 0.25) is 0 Å². The van der Waals surface area contributed by atoms with Crippen molar-refractivity contribution in [1.82, 2.24) is 10.2 Å². The highest BCUT2D eigenvalue weighted by Gasteiger charge is 2.47. The second kappa shape index (κ2) is 4.91. The summed E-state index contributed by atoms with van der Waals surface area (Å²) in [5.41, 5.74) is 0.359. The number of carbonyl (C=O) groups is 2. The Morgan fingerprint density at radius 1 is 1.26 bits per heavy atom. The van der Waals surface area contributed by atoms with Gasteiger partial charge < -0.3 is 10.2 Å². The van der Waals surface area contributed by atoms with Crippen LogP contribution in [0.25, 0.3) is 0 Å². The van der Waals surface area contributed by atoms with Crippen molar-refractivity contribution in [2.45, 2.75) is 12.2 Å². The van der Waals surface area contributed by atoms with Crippen LogP contribution in [-0.4, -0.2) is 36.0 Å². The normalized spacial score (nSPS) is 20.1. The van der Waals surface area contributed by atoms with E-state index in [0.29, 0.717) is 10.5 Å². The van der Waals surface area contributed by atoms with E-state index in [1.807, 2.05) is 0 Å². The van der Waals surface area contributed by atoms with Crippen LogP contribution in [0.1, 0.15) is 11.6 Å². The number of piperazine rings is 1.